The maximum atomic E-state index is 13.6. The number of halogens is 1. The molecule has 0 bridgehead atoms. The van der Waals surface area contributed by atoms with Gasteiger partial charge in [-0.2, -0.15) is 0 Å². The second kappa shape index (κ2) is 4.40. The number of hydrogen-bond acceptors (Lipinski definition) is 3. The molecule has 1 N–H and O–H groups in total. The second-order valence-corrected chi connectivity index (χ2v) is 3.53. The Labute approximate surface area is 87.9 Å². The van der Waals surface area contributed by atoms with E-state index in [2.05, 4.69) is 5.32 Å². The maximum Gasteiger partial charge on any atom is 0.152 e. The topological polar surface area (TPSA) is 32.3 Å². The van der Waals surface area contributed by atoms with Gasteiger partial charge in [-0.3, -0.25) is 4.79 Å². The molecule has 0 saturated carbocycles. The summed E-state index contributed by atoms with van der Waals surface area (Å²) in [6, 6.07) is 4.60. The van der Waals surface area contributed by atoms with Crippen LogP contribution in [0.25, 0.3) is 0 Å². The largest absolute Gasteiger partial charge is 0.366 e. The standard InChI is InChI=1S/C11H13FN2O/c12-10-3-1-2-9(8-15)11(10)14-6-4-13-5-7-14/h1-3,8,13H,4-7H2. The molecule has 1 aliphatic rings. The molecular formula is C11H13FN2O. The van der Waals surface area contributed by atoms with Crippen molar-refractivity contribution in [2.45, 2.75) is 0 Å². The number of benzene rings is 1. The molecule has 2 rings (SSSR count). The molecule has 0 unspecified atom stereocenters. The molecule has 1 aliphatic heterocycles. The van der Waals surface area contributed by atoms with Crippen LogP contribution in [0.5, 0.6) is 0 Å². The number of piperazine rings is 1. The third kappa shape index (κ3) is 1.99. The van der Waals surface area contributed by atoms with Crippen molar-refractivity contribution in [3.63, 3.8) is 0 Å². The number of carbonyl (C=O) groups excluding carboxylic acids is 1. The van der Waals surface area contributed by atoms with Crippen molar-refractivity contribution in [1.29, 1.82) is 0 Å². The smallest absolute Gasteiger partial charge is 0.152 e. The van der Waals surface area contributed by atoms with Crippen LogP contribution in [-0.2, 0) is 0 Å². The summed E-state index contributed by atoms with van der Waals surface area (Å²) in [5, 5.41) is 3.19. The molecule has 1 heterocycles. The normalized spacial score (nSPS) is 16.5. The highest BCUT2D eigenvalue weighted by Crippen LogP contribution is 2.23. The lowest BCUT2D eigenvalue weighted by molar-refractivity contribution is 0.112. The van der Waals surface area contributed by atoms with Gasteiger partial charge in [0.1, 0.15) is 5.82 Å². The van der Waals surface area contributed by atoms with Crippen LogP contribution in [-0.4, -0.2) is 32.5 Å². The van der Waals surface area contributed by atoms with Crippen LogP contribution in [0.4, 0.5) is 10.1 Å². The second-order valence-electron chi connectivity index (χ2n) is 3.53. The molecule has 1 aromatic rings. The van der Waals surface area contributed by atoms with Gasteiger partial charge >= 0.3 is 0 Å². The van der Waals surface area contributed by atoms with E-state index in [9.17, 15) is 9.18 Å². The van der Waals surface area contributed by atoms with Gasteiger partial charge in [0, 0.05) is 31.7 Å². The summed E-state index contributed by atoms with van der Waals surface area (Å²) >= 11 is 0. The van der Waals surface area contributed by atoms with Crippen LogP contribution in [0.15, 0.2) is 18.2 Å². The first-order chi connectivity index (χ1) is 7.33. The predicted octanol–water partition coefficient (Wildman–Crippen LogP) is 1.05. The van der Waals surface area contributed by atoms with E-state index in [1.54, 1.807) is 12.1 Å². The van der Waals surface area contributed by atoms with E-state index in [1.165, 1.54) is 6.07 Å². The molecule has 0 spiro atoms. The Balaban J connectivity index is 2.35. The lowest BCUT2D eigenvalue weighted by Crippen LogP contribution is -2.44. The van der Waals surface area contributed by atoms with Crippen LogP contribution < -0.4 is 10.2 Å². The fourth-order valence-electron chi connectivity index (χ4n) is 1.85. The van der Waals surface area contributed by atoms with E-state index in [1.807, 2.05) is 4.90 Å². The molecule has 80 valence electrons. The van der Waals surface area contributed by atoms with Crippen molar-refractivity contribution in [3.8, 4) is 0 Å². The number of anilines is 1. The van der Waals surface area contributed by atoms with E-state index in [0.717, 1.165) is 26.2 Å². The maximum absolute atomic E-state index is 13.6. The Hall–Kier alpha value is -1.42. The summed E-state index contributed by atoms with van der Waals surface area (Å²) in [5.41, 5.74) is 0.867. The molecule has 0 radical (unpaired) electrons. The quantitative estimate of drug-likeness (QED) is 0.737. The SMILES string of the molecule is O=Cc1cccc(F)c1N1CCNCC1. The molecule has 1 aromatic carbocycles. The van der Waals surface area contributed by atoms with Crippen molar-refractivity contribution in [1.82, 2.24) is 5.32 Å². The number of nitrogens with zero attached hydrogens (tertiary/aromatic N) is 1. The predicted molar refractivity (Wildman–Crippen MR) is 56.9 cm³/mol. The van der Waals surface area contributed by atoms with Crippen molar-refractivity contribution in [2.24, 2.45) is 0 Å². The van der Waals surface area contributed by atoms with Crippen molar-refractivity contribution >= 4 is 12.0 Å². The van der Waals surface area contributed by atoms with E-state index >= 15 is 0 Å². The van der Waals surface area contributed by atoms with E-state index in [0.29, 0.717) is 17.5 Å². The first-order valence-electron chi connectivity index (χ1n) is 5.02. The molecule has 1 saturated heterocycles. The highest BCUT2D eigenvalue weighted by Gasteiger charge is 2.17. The minimum absolute atomic E-state index is 0.318. The summed E-state index contributed by atoms with van der Waals surface area (Å²) in [7, 11) is 0. The summed E-state index contributed by atoms with van der Waals surface area (Å²) in [4.78, 5) is 12.7. The van der Waals surface area contributed by atoms with Gasteiger partial charge in [-0.1, -0.05) is 6.07 Å². The van der Waals surface area contributed by atoms with Crippen molar-refractivity contribution in [2.75, 3.05) is 31.1 Å². The van der Waals surface area contributed by atoms with Gasteiger partial charge in [0.25, 0.3) is 0 Å². The third-order valence-electron chi connectivity index (χ3n) is 2.58. The molecular weight excluding hydrogens is 195 g/mol. The van der Waals surface area contributed by atoms with Crippen LogP contribution in [0.2, 0.25) is 0 Å². The van der Waals surface area contributed by atoms with Gasteiger partial charge in [0.05, 0.1) is 5.69 Å². The first kappa shape index (κ1) is 10.1. The van der Waals surface area contributed by atoms with Crippen LogP contribution in [0, 0.1) is 5.82 Å². The van der Waals surface area contributed by atoms with Crippen molar-refractivity contribution < 1.29 is 9.18 Å². The summed E-state index contributed by atoms with van der Waals surface area (Å²) < 4.78 is 13.6. The van der Waals surface area contributed by atoms with E-state index in [4.69, 9.17) is 0 Å². The molecule has 3 nitrogen and oxygen atoms in total. The zero-order valence-corrected chi connectivity index (χ0v) is 8.37. The average molecular weight is 208 g/mol. The number of hydrogen-bond donors (Lipinski definition) is 1. The average Bonchev–Trinajstić information content (AvgIpc) is 2.29. The summed E-state index contributed by atoms with van der Waals surface area (Å²) in [6.45, 7) is 3.13. The van der Waals surface area contributed by atoms with Crippen molar-refractivity contribution in [3.05, 3.63) is 29.6 Å². The minimum atomic E-state index is -0.318. The fourth-order valence-corrected chi connectivity index (χ4v) is 1.85. The van der Waals surface area contributed by atoms with Gasteiger partial charge in [0.2, 0.25) is 0 Å². The summed E-state index contributed by atoms with van der Waals surface area (Å²) in [5.74, 6) is -0.318. The molecule has 1 fully saturated rings. The monoisotopic (exact) mass is 208 g/mol. The van der Waals surface area contributed by atoms with Crippen LogP contribution in [0.1, 0.15) is 10.4 Å². The zero-order chi connectivity index (χ0) is 10.7. The Kier molecular flexibility index (Phi) is 2.97. The molecule has 0 aromatic heterocycles. The fraction of sp³-hybridized carbons (Fsp3) is 0.364. The lowest BCUT2D eigenvalue weighted by Gasteiger charge is -2.30. The van der Waals surface area contributed by atoms with Gasteiger partial charge < -0.3 is 10.2 Å². The number of para-hydroxylation sites is 1. The third-order valence-corrected chi connectivity index (χ3v) is 2.58. The van der Waals surface area contributed by atoms with Gasteiger partial charge in [-0.15, -0.1) is 0 Å². The number of rotatable bonds is 2. The highest BCUT2D eigenvalue weighted by atomic mass is 19.1. The molecule has 4 heteroatoms. The summed E-state index contributed by atoms with van der Waals surface area (Å²) in [6.07, 6.45) is 0.709. The van der Waals surface area contributed by atoms with Gasteiger partial charge in [-0.25, -0.2) is 4.39 Å². The first-order valence-corrected chi connectivity index (χ1v) is 5.02. The Morgan fingerprint density at radius 2 is 2.07 bits per heavy atom. The number of aldehydes is 1. The Morgan fingerprint density at radius 1 is 1.33 bits per heavy atom. The molecule has 0 aliphatic carbocycles. The van der Waals surface area contributed by atoms with Crippen LogP contribution >= 0.6 is 0 Å². The zero-order valence-electron chi connectivity index (χ0n) is 8.37. The number of carbonyl (C=O) groups is 1. The van der Waals surface area contributed by atoms with Gasteiger partial charge in [-0.05, 0) is 12.1 Å². The molecule has 0 atom stereocenters. The Bertz CT molecular complexity index is 362. The van der Waals surface area contributed by atoms with Gasteiger partial charge in [0.15, 0.2) is 6.29 Å². The van der Waals surface area contributed by atoms with Crippen LogP contribution in [0.3, 0.4) is 0 Å². The highest BCUT2D eigenvalue weighted by molar-refractivity contribution is 5.84. The number of nitrogens with one attached hydrogen (secondary N) is 1. The lowest BCUT2D eigenvalue weighted by atomic mass is 10.1. The van der Waals surface area contributed by atoms with E-state index in [-0.39, 0.29) is 5.82 Å². The Morgan fingerprint density at radius 3 is 2.73 bits per heavy atom. The molecule has 0 amide bonds. The molecule has 15 heavy (non-hydrogen) atoms. The minimum Gasteiger partial charge on any atom is -0.366 e. The van der Waals surface area contributed by atoms with E-state index < -0.39 is 0 Å².